The molecule has 8 heteroatoms. The molecular formula is C25H24FN5O2. The van der Waals surface area contributed by atoms with Crippen LogP contribution in [0.3, 0.4) is 0 Å². The van der Waals surface area contributed by atoms with Gasteiger partial charge < -0.3 is 15.0 Å². The van der Waals surface area contributed by atoms with Crippen LogP contribution in [-0.2, 0) is 6.54 Å². The van der Waals surface area contributed by atoms with Crippen molar-refractivity contribution in [3.05, 3.63) is 77.6 Å². The molecule has 0 spiro atoms. The van der Waals surface area contributed by atoms with Gasteiger partial charge in [0.25, 0.3) is 5.91 Å². The van der Waals surface area contributed by atoms with E-state index in [2.05, 4.69) is 20.3 Å². The molecule has 0 aliphatic rings. The van der Waals surface area contributed by atoms with Crippen LogP contribution in [0.5, 0.6) is 5.88 Å². The number of ether oxygens (including phenoxy) is 1. The van der Waals surface area contributed by atoms with E-state index >= 15 is 0 Å². The third-order valence-electron chi connectivity index (χ3n) is 4.99. The maximum absolute atomic E-state index is 13.3. The molecule has 0 saturated heterocycles. The van der Waals surface area contributed by atoms with Gasteiger partial charge in [0, 0.05) is 31.8 Å². The summed E-state index contributed by atoms with van der Waals surface area (Å²) in [6.07, 6.45) is 0. The van der Waals surface area contributed by atoms with Crippen LogP contribution < -0.4 is 10.1 Å². The van der Waals surface area contributed by atoms with Gasteiger partial charge in [0.2, 0.25) is 11.8 Å². The maximum Gasteiger partial charge on any atom is 0.253 e. The van der Waals surface area contributed by atoms with E-state index in [1.54, 1.807) is 43.3 Å². The SMILES string of the molecule is CCOc1nc(NCc2ccc(C(=O)N(C)C)cc2)nc2ccc(-c3ccc(F)cc3)nc12. The fourth-order valence-electron chi connectivity index (χ4n) is 3.29. The highest BCUT2D eigenvalue weighted by atomic mass is 19.1. The van der Waals surface area contributed by atoms with E-state index in [0.717, 1.165) is 11.1 Å². The summed E-state index contributed by atoms with van der Waals surface area (Å²) in [6, 6.07) is 17.2. The molecule has 1 N–H and O–H groups in total. The minimum absolute atomic E-state index is 0.0405. The van der Waals surface area contributed by atoms with E-state index in [-0.39, 0.29) is 11.7 Å². The number of hydrogen-bond donors (Lipinski definition) is 1. The Morgan fingerprint density at radius 1 is 0.970 bits per heavy atom. The zero-order chi connectivity index (χ0) is 23.4. The van der Waals surface area contributed by atoms with Gasteiger partial charge in [-0.2, -0.15) is 4.98 Å². The topological polar surface area (TPSA) is 80.2 Å². The van der Waals surface area contributed by atoms with Crippen molar-refractivity contribution >= 4 is 22.9 Å². The van der Waals surface area contributed by atoms with Crippen LogP contribution in [0.1, 0.15) is 22.8 Å². The molecule has 33 heavy (non-hydrogen) atoms. The van der Waals surface area contributed by atoms with Crippen LogP contribution in [0.2, 0.25) is 0 Å². The minimum Gasteiger partial charge on any atom is -0.476 e. The van der Waals surface area contributed by atoms with Gasteiger partial charge in [-0.1, -0.05) is 12.1 Å². The number of anilines is 1. The summed E-state index contributed by atoms with van der Waals surface area (Å²) in [5.74, 6) is 0.449. The van der Waals surface area contributed by atoms with Gasteiger partial charge in [-0.05, 0) is 61.0 Å². The molecule has 7 nitrogen and oxygen atoms in total. The van der Waals surface area contributed by atoms with Crippen molar-refractivity contribution in [1.29, 1.82) is 0 Å². The molecule has 0 saturated carbocycles. The average molecular weight is 445 g/mol. The number of pyridine rings is 1. The second-order valence-corrected chi connectivity index (χ2v) is 7.61. The number of nitrogens with one attached hydrogen (secondary N) is 1. The Kier molecular flexibility index (Phi) is 6.44. The fourth-order valence-corrected chi connectivity index (χ4v) is 3.29. The molecule has 0 aliphatic heterocycles. The first-order valence-electron chi connectivity index (χ1n) is 10.6. The highest BCUT2D eigenvalue weighted by Gasteiger charge is 2.13. The van der Waals surface area contributed by atoms with Crippen LogP contribution >= 0.6 is 0 Å². The van der Waals surface area contributed by atoms with Crippen molar-refractivity contribution in [3.63, 3.8) is 0 Å². The summed E-state index contributed by atoms with van der Waals surface area (Å²) in [6.45, 7) is 2.78. The molecule has 4 aromatic rings. The van der Waals surface area contributed by atoms with E-state index in [0.29, 0.717) is 47.3 Å². The summed E-state index contributed by atoms with van der Waals surface area (Å²) >= 11 is 0. The number of rotatable bonds is 7. The van der Waals surface area contributed by atoms with Crippen molar-refractivity contribution in [2.24, 2.45) is 0 Å². The van der Waals surface area contributed by atoms with Gasteiger partial charge in [-0.25, -0.2) is 14.4 Å². The summed E-state index contributed by atoms with van der Waals surface area (Å²) in [4.78, 5) is 27.3. The first kappa shape index (κ1) is 22.1. The number of fused-ring (bicyclic) bond motifs is 1. The average Bonchev–Trinajstić information content (AvgIpc) is 2.83. The largest absolute Gasteiger partial charge is 0.476 e. The monoisotopic (exact) mass is 445 g/mol. The second kappa shape index (κ2) is 9.60. The van der Waals surface area contributed by atoms with Crippen molar-refractivity contribution < 1.29 is 13.9 Å². The summed E-state index contributed by atoms with van der Waals surface area (Å²) in [7, 11) is 3.45. The van der Waals surface area contributed by atoms with E-state index in [1.807, 2.05) is 31.2 Å². The van der Waals surface area contributed by atoms with Crippen molar-refractivity contribution in [3.8, 4) is 17.1 Å². The Hall–Kier alpha value is -4.07. The molecule has 0 atom stereocenters. The smallest absolute Gasteiger partial charge is 0.253 e. The van der Waals surface area contributed by atoms with E-state index < -0.39 is 0 Å². The van der Waals surface area contributed by atoms with Gasteiger partial charge in [0.1, 0.15) is 5.82 Å². The second-order valence-electron chi connectivity index (χ2n) is 7.61. The highest BCUT2D eigenvalue weighted by molar-refractivity contribution is 5.93. The Labute approximate surface area is 191 Å². The number of halogens is 1. The Balaban J connectivity index is 1.57. The number of carbonyl (C=O) groups is 1. The van der Waals surface area contributed by atoms with E-state index in [4.69, 9.17) is 4.74 Å². The lowest BCUT2D eigenvalue weighted by Crippen LogP contribution is -2.21. The van der Waals surface area contributed by atoms with Crippen molar-refractivity contribution in [2.45, 2.75) is 13.5 Å². The lowest BCUT2D eigenvalue weighted by molar-refractivity contribution is 0.0827. The van der Waals surface area contributed by atoms with Crippen LogP contribution in [0, 0.1) is 5.82 Å². The first-order valence-corrected chi connectivity index (χ1v) is 10.6. The lowest BCUT2D eigenvalue weighted by Gasteiger charge is -2.12. The van der Waals surface area contributed by atoms with Gasteiger partial charge >= 0.3 is 0 Å². The van der Waals surface area contributed by atoms with Gasteiger partial charge in [0.05, 0.1) is 17.8 Å². The molecule has 2 aromatic carbocycles. The fraction of sp³-hybridized carbons (Fsp3) is 0.200. The summed E-state index contributed by atoms with van der Waals surface area (Å²) in [5, 5.41) is 3.21. The maximum atomic E-state index is 13.3. The molecule has 0 bridgehead atoms. The minimum atomic E-state index is -0.299. The molecule has 0 unspecified atom stereocenters. The zero-order valence-corrected chi connectivity index (χ0v) is 18.7. The molecule has 2 heterocycles. The Morgan fingerprint density at radius 3 is 2.36 bits per heavy atom. The molecule has 0 radical (unpaired) electrons. The Morgan fingerprint density at radius 2 is 1.70 bits per heavy atom. The number of hydrogen-bond acceptors (Lipinski definition) is 6. The first-order chi connectivity index (χ1) is 15.9. The van der Waals surface area contributed by atoms with Crippen LogP contribution in [0.4, 0.5) is 10.3 Å². The molecule has 1 amide bonds. The molecule has 168 valence electrons. The van der Waals surface area contributed by atoms with Gasteiger partial charge in [0.15, 0.2) is 5.52 Å². The molecule has 0 aliphatic carbocycles. The predicted molar refractivity (Wildman–Crippen MR) is 126 cm³/mol. The van der Waals surface area contributed by atoms with E-state index in [9.17, 15) is 9.18 Å². The molecule has 4 rings (SSSR count). The summed E-state index contributed by atoms with van der Waals surface area (Å²) in [5.41, 5.74) is 4.26. The Bertz CT molecular complexity index is 1270. The number of benzene rings is 2. The van der Waals surface area contributed by atoms with Gasteiger partial charge in [-0.15, -0.1) is 0 Å². The lowest BCUT2D eigenvalue weighted by atomic mass is 10.1. The third-order valence-corrected chi connectivity index (χ3v) is 4.99. The molecular weight excluding hydrogens is 421 g/mol. The van der Waals surface area contributed by atoms with Crippen molar-refractivity contribution in [2.75, 3.05) is 26.0 Å². The standard InChI is InChI=1S/C25H24FN5O2/c1-4-33-23-22-21(14-13-20(28-22)17-9-11-19(26)12-10-17)29-25(30-23)27-15-16-5-7-18(8-6-16)24(32)31(2)3/h5-14H,4,15H2,1-3H3,(H,27,29,30). The van der Waals surface area contributed by atoms with Gasteiger partial charge in [-0.3, -0.25) is 4.79 Å². The number of nitrogens with zero attached hydrogens (tertiary/aromatic N) is 4. The van der Waals surface area contributed by atoms with Crippen LogP contribution in [0.25, 0.3) is 22.3 Å². The predicted octanol–water partition coefficient (Wildman–Crippen LogP) is 4.54. The quantitative estimate of drug-likeness (QED) is 0.450. The van der Waals surface area contributed by atoms with Crippen LogP contribution in [-0.4, -0.2) is 46.5 Å². The number of amides is 1. The molecule has 0 fully saturated rings. The van der Waals surface area contributed by atoms with Crippen molar-refractivity contribution in [1.82, 2.24) is 19.9 Å². The number of aromatic nitrogens is 3. The summed E-state index contributed by atoms with van der Waals surface area (Å²) < 4.78 is 19.0. The van der Waals surface area contributed by atoms with E-state index in [1.165, 1.54) is 12.1 Å². The highest BCUT2D eigenvalue weighted by Crippen LogP contribution is 2.27. The third kappa shape index (κ3) is 5.06. The molecule has 2 aromatic heterocycles. The van der Waals surface area contributed by atoms with Crippen LogP contribution in [0.15, 0.2) is 60.7 Å². The number of carbonyl (C=O) groups excluding carboxylic acids is 1. The normalized spacial score (nSPS) is 10.8. The zero-order valence-electron chi connectivity index (χ0n) is 18.7.